The van der Waals surface area contributed by atoms with E-state index in [-0.39, 0.29) is 24.1 Å². The molecule has 2 aromatic heterocycles. The third kappa shape index (κ3) is 3.68. The van der Waals surface area contributed by atoms with Crippen LogP contribution in [0.3, 0.4) is 0 Å². The van der Waals surface area contributed by atoms with Crippen LogP contribution in [-0.4, -0.2) is 54.5 Å². The van der Waals surface area contributed by atoms with Crippen LogP contribution in [0.25, 0.3) is 0 Å². The molecule has 25 heavy (non-hydrogen) atoms. The number of aromatic nitrogens is 4. The van der Waals surface area contributed by atoms with Gasteiger partial charge >= 0.3 is 5.97 Å². The summed E-state index contributed by atoms with van der Waals surface area (Å²) in [7, 11) is 0. The Morgan fingerprint density at radius 2 is 2.24 bits per heavy atom. The van der Waals surface area contributed by atoms with Crippen molar-refractivity contribution in [2.75, 3.05) is 13.1 Å². The molecule has 0 unspecified atom stereocenters. The number of carboxylic acids is 1. The van der Waals surface area contributed by atoms with Crippen LogP contribution in [0.4, 0.5) is 0 Å². The molecule has 0 aromatic carbocycles. The third-order valence-corrected chi connectivity index (χ3v) is 4.68. The minimum Gasteiger partial charge on any atom is -0.480 e. The maximum atomic E-state index is 12.8. The van der Waals surface area contributed by atoms with Gasteiger partial charge in [0.05, 0.1) is 5.02 Å². The molecule has 1 atom stereocenters. The second-order valence-electron chi connectivity index (χ2n) is 6.08. The van der Waals surface area contributed by atoms with Crippen LogP contribution >= 0.6 is 11.6 Å². The molecule has 0 radical (unpaired) electrons. The molecule has 3 rings (SSSR count). The van der Waals surface area contributed by atoms with Crippen LogP contribution in [0.15, 0.2) is 18.5 Å². The molecule has 1 N–H and O–H groups in total. The largest absolute Gasteiger partial charge is 0.480 e. The molecule has 1 fully saturated rings. The van der Waals surface area contributed by atoms with Crippen molar-refractivity contribution in [1.29, 1.82) is 0 Å². The van der Waals surface area contributed by atoms with Gasteiger partial charge in [0, 0.05) is 43.6 Å². The predicted molar refractivity (Wildman–Crippen MR) is 90.7 cm³/mol. The lowest BCUT2D eigenvalue weighted by atomic mass is 9.94. The van der Waals surface area contributed by atoms with Crippen molar-refractivity contribution in [3.05, 3.63) is 34.9 Å². The van der Waals surface area contributed by atoms with E-state index in [1.807, 2.05) is 13.0 Å². The second kappa shape index (κ2) is 7.26. The highest BCUT2D eigenvalue weighted by Gasteiger charge is 2.30. The number of aliphatic carboxylic acids is 1. The molecule has 0 spiro atoms. The van der Waals surface area contributed by atoms with Gasteiger partial charge in [-0.05, 0) is 25.8 Å². The summed E-state index contributed by atoms with van der Waals surface area (Å²) in [5.41, 5.74) is 1.10. The van der Waals surface area contributed by atoms with Gasteiger partial charge in [0.2, 0.25) is 0 Å². The third-order valence-electron chi connectivity index (χ3n) is 4.40. The van der Waals surface area contributed by atoms with Gasteiger partial charge in [0.15, 0.2) is 5.69 Å². The van der Waals surface area contributed by atoms with Gasteiger partial charge in [-0.1, -0.05) is 11.6 Å². The van der Waals surface area contributed by atoms with Gasteiger partial charge < -0.3 is 10.0 Å². The summed E-state index contributed by atoms with van der Waals surface area (Å²) in [4.78, 5) is 25.5. The first-order valence-electron chi connectivity index (χ1n) is 8.25. The fourth-order valence-electron chi connectivity index (χ4n) is 3.21. The standard InChI is InChI=1S/C16H20ClN5O3/c1-2-21-9-12(17)15(19-21)16(25)20-7-3-4-11(8-20)13-5-6-18-22(13)10-14(23)24/h5-6,9,11H,2-4,7-8,10H2,1H3,(H,23,24)/t11-/m1/s1. The fraction of sp³-hybridized carbons (Fsp3) is 0.500. The molecule has 0 aliphatic carbocycles. The van der Waals surface area contributed by atoms with E-state index >= 15 is 0 Å². The number of carbonyl (C=O) groups is 2. The molecule has 3 heterocycles. The zero-order valence-corrected chi connectivity index (χ0v) is 14.7. The van der Waals surface area contributed by atoms with Crippen LogP contribution in [-0.2, 0) is 17.9 Å². The van der Waals surface area contributed by atoms with E-state index in [0.717, 1.165) is 18.5 Å². The van der Waals surface area contributed by atoms with Gasteiger partial charge in [-0.15, -0.1) is 0 Å². The van der Waals surface area contributed by atoms with Crippen molar-refractivity contribution in [3.63, 3.8) is 0 Å². The minimum absolute atomic E-state index is 0.0478. The molecular formula is C16H20ClN5O3. The van der Waals surface area contributed by atoms with Crippen LogP contribution in [0.2, 0.25) is 5.02 Å². The van der Waals surface area contributed by atoms with Crippen LogP contribution in [0.1, 0.15) is 41.9 Å². The van der Waals surface area contributed by atoms with Crippen LogP contribution < -0.4 is 0 Å². The highest BCUT2D eigenvalue weighted by molar-refractivity contribution is 6.33. The number of rotatable bonds is 5. The maximum absolute atomic E-state index is 12.8. The molecule has 2 aromatic rings. The summed E-state index contributed by atoms with van der Waals surface area (Å²) in [6, 6.07) is 1.82. The first-order chi connectivity index (χ1) is 12.0. The van der Waals surface area contributed by atoms with Gasteiger partial charge in [0.1, 0.15) is 6.54 Å². The summed E-state index contributed by atoms with van der Waals surface area (Å²) in [6.45, 7) is 3.53. The van der Waals surface area contributed by atoms with Crippen molar-refractivity contribution in [2.45, 2.75) is 38.8 Å². The SMILES string of the molecule is CCn1cc(Cl)c(C(=O)N2CCC[C@@H](c3ccnn3CC(=O)O)C2)n1. The molecule has 1 saturated heterocycles. The number of likely N-dealkylation sites (tertiary alicyclic amines) is 1. The molecule has 134 valence electrons. The van der Waals surface area contributed by atoms with Crippen LogP contribution in [0, 0.1) is 0 Å². The number of piperidine rings is 1. The van der Waals surface area contributed by atoms with E-state index < -0.39 is 5.97 Å². The van der Waals surface area contributed by atoms with Crippen molar-refractivity contribution in [3.8, 4) is 0 Å². The average molecular weight is 366 g/mol. The Kier molecular flexibility index (Phi) is 5.08. The number of carboxylic acid groups (broad SMARTS) is 1. The summed E-state index contributed by atoms with van der Waals surface area (Å²) < 4.78 is 3.12. The lowest BCUT2D eigenvalue weighted by Gasteiger charge is -2.32. The van der Waals surface area contributed by atoms with E-state index in [1.165, 1.54) is 4.68 Å². The zero-order chi connectivity index (χ0) is 18.0. The lowest BCUT2D eigenvalue weighted by Crippen LogP contribution is -2.40. The number of nitrogens with zero attached hydrogens (tertiary/aromatic N) is 5. The number of carbonyl (C=O) groups excluding carboxylic acids is 1. The molecule has 1 aliphatic heterocycles. The normalized spacial score (nSPS) is 17.7. The Balaban J connectivity index is 1.77. The number of amides is 1. The van der Waals surface area contributed by atoms with Crippen LogP contribution in [0.5, 0.6) is 0 Å². The Bertz CT molecular complexity index is 785. The van der Waals surface area contributed by atoms with Gasteiger partial charge in [-0.25, -0.2) is 0 Å². The molecule has 0 saturated carbocycles. The molecule has 1 aliphatic rings. The maximum Gasteiger partial charge on any atom is 0.325 e. The summed E-state index contributed by atoms with van der Waals surface area (Å²) in [5.74, 6) is -1.08. The Morgan fingerprint density at radius 1 is 1.44 bits per heavy atom. The van der Waals surface area contributed by atoms with Crippen molar-refractivity contribution < 1.29 is 14.7 Å². The van der Waals surface area contributed by atoms with Gasteiger partial charge in [-0.3, -0.25) is 19.0 Å². The topological polar surface area (TPSA) is 93.2 Å². The first kappa shape index (κ1) is 17.5. The quantitative estimate of drug-likeness (QED) is 0.872. The van der Waals surface area contributed by atoms with E-state index in [2.05, 4.69) is 10.2 Å². The van der Waals surface area contributed by atoms with Crippen molar-refractivity contribution in [1.82, 2.24) is 24.5 Å². The summed E-state index contributed by atoms with van der Waals surface area (Å²) in [5, 5.41) is 17.7. The summed E-state index contributed by atoms with van der Waals surface area (Å²) >= 11 is 6.15. The fourth-order valence-corrected chi connectivity index (χ4v) is 3.44. The second-order valence-corrected chi connectivity index (χ2v) is 6.49. The Labute approximate surface area is 150 Å². The van der Waals surface area contributed by atoms with Gasteiger partial charge in [-0.2, -0.15) is 10.2 Å². The Hall–Kier alpha value is -2.35. The number of halogens is 1. The van der Waals surface area contributed by atoms with E-state index in [1.54, 1.807) is 22.0 Å². The molecular weight excluding hydrogens is 346 g/mol. The average Bonchev–Trinajstić information content (AvgIpc) is 3.20. The van der Waals surface area contributed by atoms with Crippen molar-refractivity contribution in [2.24, 2.45) is 0 Å². The van der Waals surface area contributed by atoms with Gasteiger partial charge in [0.25, 0.3) is 5.91 Å². The predicted octanol–water partition coefficient (Wildman–Crippen LogP) is 1.86. The summed E-state index contributed by atoms with van der Waals surface area (Å²) in [6.07, 6.45) is 4.96. The highest BCUT2D eigenvalue weighted by Crippen LogP contribution is 2.28. The smallest absolute Gasteiger partial charge is 0.325 e. The van der Waals surface area contributed by atoms with E-state index in [0.29, 0.717) is 24.7 Å². The van der Waals surface area contributed by atoms with E-state index in [9.17, 15) is 9.59 Å². The monoisotopic (exact) mass is 365 g/mol. The molecule has 8 nitrogen and oxygen atoms in total. The molecule has 0 bridgehead atoms. The number of hydrogen-bond donors (Lipinski definition) is 1. The first-order valence-corrected chi connectivity index (χ1v) is 8.63. The Morgan fingerprint density at radius 3 is 2.92 bits per heavy atom. The number of hydrogen-bond acceptors (Lipinski definition) is 4. The van der Waals surface area contributed by atoms with Crippen molar-refractivity contribution >= 4 is 23.5 Å². The zero-order valence-electron chi connectivity index (χ0n) is 13.9. The van der Waals surface area contributed by atoms with E-state index in [4.69, 9.17) is 16.7 Å². The molecule has 1 amide bonds. The minimum atomic E-state index is -0.939. The lowest BCUT2D eigenvalue weighted by molar-refractivity contribution is -0.137. The molecule has 9 heteroatoms. The number of aryl methyl sites for hydroxylation is 1. The highest BCUT2D eigenvalue weighted by atomic mass is 35.5.